The van der Waals surface area contributed by atoms with Crippen LogP contribution >= 0.6 is 23.2 Å². The van der Waals surface area contributed by atoms with Crippen molar-refractivity contribution >= 4 is 39.9 Å². The fraction of sp³-hybridized carbons (Fsp3) is 0.370. The molecule has 1 N–H and O–H groups in total. The first-order valence-electron chi connectivity index (χ1n) is 12.4. The third-order valence-electron chi connectivity index (χ3n) is 7.51. The van der Waals surface area contributed by atoms with Crippen molar-refractivity contribution in [3.05, 3.63) is 64.3 Å². The maximum atomic E-state index is 15.7. The van der Waals surface area contributed by atoms with Gasteiger partial charge in [-0.05, 0) is 64.0 Å². The third kappa shape index (κ3) is 4.31. The van der Waals surface area contributed by atoms with Crippen LogP contribution in [-0.2, 0) is 0 Å². The van der Waals surface area contributed by atoms with Crippen LogP contribution in [0.15, 0.2) is 42.9 Å². The summed E-state index contributed by atoms with van der Waals surface area (Å²) in [5, 5.41) is 8.37. The third-order valence-corrected chi connectivity index (χ3v) is 8.11. The molecule has 37 heavy (non-hydrogen) atoms. The number of aromatic amines is 1. The molecule has 0 radical (unpaired) electrons. The van der Waals surface area contributed by atoms with Gasteiger partial charge in [-0.1, -0.05) is 23.2 Å². The van der Waals surface area contributed by atoms with Crippen molar-refractivity contribution in [2.24, 2.45) is 0 Å². The van der Waals surface area contributed by atoms with Crippen LogP contribution in [0.5, 0.6) is 5.75 Å². The Bertz CT molecular complexity index is 1430. The highest BCUT2D eigenvalue weighted by Gasteiger charge is 2.44. The number of rotatable bonds is 6. The lowest BCUT2D eigenvalue weighted by molar-refractivity contribution is 0.101. The minimum atomic E-state index is -0.589. The summed E-state index contributed by atoms with van der Waals surface area (Å²) in [5.41, 5.74) is 2.55. The number of H-pyrrole nitrogens is 1. The number of hydrogen-bond donors (Lipinski definition) is 1. The SMILES string of the molecule is C[C@@H](Oc1ccc2[nH]nc(-c3ccc(N4CC(C)(N5CCCC5)C4)nc3)c2c1F)c1c(Cl)cncc1Cl. The van der Waals surface area contributed by atoms with Crippen LogP contribution in [-0.4, -0.2) is 56.8 Å². The van der Waals surface area contributed by atoms with E-state index in [1.807, 2.05) is 12.1 Å². The lowest BCUT2D eigenvalue weighted by atomic mass is 9.90. The summed E-state index contributed by atoms with van der Waals surface area (Å²) in [4.78, 5) is 13.5. The van der Waals surface area contributed by atoms with Crippen LogP contribution in [0.3, 0.4) is 0 Å². The number of likely N-dealkylation sites (tertiary alicyclic amines) is 1. The number of halogens is 3. The van der Waals surface area contributed by atoms with Crippen LogP contribution in [0.25, 0.3) is 22.2 Å². The molecule has 0 spiro atoms. The quantitative estimate of drug-likeness (QED) is 0.310. The van der Waals surface area contributed by atoms with Crippen molar-refractivity contribution in [3.8, 4) is 17.0 Å². The van der Waals surface area contributed by atoms with E-state index in [-0.39, 0.29) is 11.3 Å². The average molecular weight is 541 g/mol. The number of nitrogens with one attached hydrogen (secondary N) is 1. The molecule has 2 saturated heterocycles. The number of pyridine rings is 2. The highest BCUT2D eigenvalue weighted by Crippen LogP contribution is 2.38. The first-order valence-corrected chi connectivity index (χ1v) is 13.2. The molecule has 2 fully saturated rings. The molecule has 7 nitrogen and oxygen atoms in total. The zero-order chi connectivity index (χ0) is 25.7. The van der Waals surface area contributed by atoms with E-state index in [1.165, 1.54) is 38.3 Å². The summed E-state index contributed by atoms with van der Waals surface area (Å²) in [6.45, 7) is 8.38. The Balaban J connectivity index is 1.24. The Morgan fingerprint density at radius 1 is 1.05 bits per heavy atom. The smallest absolute Gasteiger partial charge is 0.176 e. The van der Waals surface area contributed by atoms with Crippen LogP contribution in [0, 0.1) is 5.82 Å². The molecule has 6 rings (SSSR count). The number of benzene rings is 1. The summed E-state index contributed by atoms with van der Waals surface area (Å²) in [6, 6.07) is 7.23. The van der Waals surface area contributed by atoms with Gasteiger partial charge in [-0.15, -0.1) is 0 Å². The number of nitrogens with zero attached hydrogens (tertiary/aromatic N) is 5. The summed E-state index contributed by atoms with van der Waals surface area (Å²) >= 11 is 12.5. The zero-order valence-electron chi connectivity index (χ0n) is 20.6. The van der Waals surface area contributed by atoms with E-state index in [4.69, 9.17) is 27.9 Å². The van der Waals surface area contributed by atoms with Crippen LogP contribution in [0.1, 0.15) is 38.4 Å². The first-order chi connectivity index (χ1) is 17.8. The summed E-state index contributed by atoms with van der Waals surface area (Å²) < 4.78 is 21.7. The highest BCUT2D eigenvalue weighted by atomic mass is 35.5. The fourth-order valence-electron chi connectivity index (χ4n) is 5.52. The van der Waals surface area contributed by atoms with E-state index >= 15 is 4.39 Å². The molecule has 192 valence electrons. The summed E-state index contributed by atoms with van der Waals surface area (Å²) in [5.74, 6) is 0.491. The van der Waals surface area contributed by atoms with Gasteiger partial charge in [0.15, 0.2) is 11.6 Å². The van der Waals surface area contributed by atoms with Crippen LogP contribution in [0.2, 0.25) is 10.0 Å². The van der Waals surface area contributed by atoms with Gasteiger partial charge < -0.3 is 9.64 Å². The van der Waals surface area contributed by atoms with E-state index in [0.29, 0.717) is 32.2 Å². The van der Waals surface area contributed by atoms with Gasteiger partial charge in [0.1, 0.15) is 17.6 Å². The Morgan fingerprint density at radius 2 is 1.78 bits per heavy atom. The van der Waals surface area contributed by atoms with Gasteiger partial charge in [0.05, 0.1) is 26.5 Å². The van der Waals surface area contributed by atoms with Gasteiger partial charge >= 0.3 is 0 Å². The molecule has 0 amide bonds. The molecular weight excluding hydrogens is 514 g/mol. The van der Waals surface area contributed by atoms with Gasteiger partial charge in [-0.2, -0.15) is 5.10 Å². The average Bonchev–Trinajstić information content (AvgIpc) is 3.55. The standard InChI is InChI=1S/C27H27Cl2FN6O/c1-16(23-18(28)12-31-13-19(23)29)37-21-7-6-20-24(25(21)30)26(34-33-20)17-5-8-22(32-11-17)35-14-27(2,15-35)36-9-3-4-10-36/h5-8,11-13,16H,3-4,9-10,14-15H2,1-2H3,(H,33,34)/t16-/m1/s1. The molecule has 0 bridgehead atoms. The predicted octanol–water partition coefficient (Wildman–Crippen LogP) is 6.28. The summed E-state index contributed by atoms with van der Waals surface area (Å²) in [6.07, 6.45) is 6.71. The maximum Gasteiger partial charge on any atom is 0.176 e. The van der Waals surface area contributed by atoms with E-state index in [0.717, 1.165) is 24.5 Å². The van der Waals surface area contributed by atoms with Gasteiger partial charge in [-0.3, -0.25) is 15.0 Å². The molecule has 10 heteroatoms. The Kier molecular flexibility index (Phi) is 6.21. The van der Waals surface area contributed by atoms with Gasteiger partial charge in [0.2, 0.25) is 0 Å². The Labute approximate surface area is 224 Å². The molecule has 2 aliphatic rings. The monoisotopic (exact) mass is 540 g/mol. The molecule has 5 heterocycles. The van der Waals surface area contributed by atoms with Gasteiger partial charge in [-0.25, -0.2) is 9.37 Å². The van der Waals surface area contributed by atoms with Crippen molar-refractivity contribution in [3.63, 3.8) is 0 Å². The number of aromatic nitrogens is 4. The normalized spacial score (nSPS) is 18.2. The molecular formula is C27H27Cl2FN6O. The first kappa shape index (κ1) is 24.4. The second kappa shape index (κ2) is 9.42. The maximum absolute atomic E-state index is 15.7. The second-order valence-corrected chi connectivity index (χ2v) is 10.9. The van der Waals surface area contributed by atoms with Crippen molar-refractivity contribution < 1.29 is 9.13 Å². The number of fused-ring (bicyclic) bond motifs is 1. The largest absolute Gasteiger partial charge is 0.483 e. The van der Waals surface area contributed by atoms with E-state index in [1.54, 1.807) is 25.3 Å². The minimum Gasteiger partial charge on any atom is -0.483 e. The molecule has 4 aromatic rings. The molecule has 0 unspecified atom stereocenters. The number of hydrogen-bond acceptors (Lipinski definition) is 6. The molecule has 3 aromatic heterocycles. The van der Waals surface area contributed by atoms with E-state index < -0.39 is 11.9 Å². The lowest BCUT2D eigenvalue weighted by Crippen LogP contribution is -2.68. The number of ether oxygens (including phenoxy) is 1. The van der Waals surface area contributed by atoms with Gasteiger partial charge in [0.25, 0.3) is 0 Å². The van der Waals surface area contributed by atoms with E-state index in [9.17, 15) is 0 Å². The minimum absolute atomic E-state index is 0.0814. The Hall–Kier alpha value is -2.94. The van der Waals surface area contributed by atoms with Crippen molar-refractivity contribution in [2.75, 3.05) is 31.1 Å². The molecule has 1 atom stereocenters. The molecule has 1 aromatic carbocycles. The van der Waals surface area contributed by atoms with Crippen LogP contribution < -0.4 is 9.64 Å². The van der Waals surface area contributed by atoms with Crippen molar-refractivity contribution in [1.82, 2.24) is 25.1 Å². The highest BCUT2D eigenvalue weighted by molar-refractivity contribution is 6.35. The van der Waals surface area contributed by atoms with Gasteiger partial charge in [0, 0.05) is 42.8 Å². The van der Waals surface area contributed by atoms with Crippen molar-refractivity contribution in [2.45, 2.75) is 38.3 Å². The Morgan fingerprint density at radius 3 is 2.46 bits per heavy atom. The second-order valence-electron chi connectivity index (χ2n) is 10.1. The van der Waals surface area contributed by atoms with E-state index in [2.05, 4.69) is 36.9 Å². The predicted molar refractivity (Wildman–Crippen MR) is 144 cm³/mol. The summed E-state index contributed by atoms with van der Waals surface area (Å²) in [7, 11) is 0. The molecule has 2 aliphatic heterocycles. The molecule has 0 aliphatic carbocycles. The lowest BCUT2D eigenvalue weighted by Gasteiger charge is -2.53. The zero-order valence-corrected chi connectivity index (χ0v) is 22.2. The topological polar surface area (TPSA) is 70.2 Å². The van der Waals surface area contributed by atoms with Crippen molar-refractivity contribution in [1.29, 1.82) is 0 Å². The molecule has 0 saturated carbocycles. The number of anilines is 1. The van der Waals surface area contributed by atoms with Crippen LogP contribution in [0.4, 0.5) is 10.2 Å². The fourth-order valence-corrected chi connectivity index (χ4v) is 6.19.